The van der Waals surface area contributed by atoms with Gasteiger partial charge in [-0.05, 0) is 24.6 Å². The van der Waals surface area contributed by atoms with Gasteiger partial charge >= 0.3 is 6.18 Å². The molecule has 0 aliphatic carbocycles. The van der Waals surface area contributed by atoms with E-state index in [-0.39, 0.29) is 6.54 Å². The third-order valence-corrected chi connectivity index (χ3v) is 3.85. The van der Waals surface area contributed by atoms with Crippen LogP contribution in [0.25, 0.3) is 0 Å². The number of aromatic nitrogens is 1. The Kier molecular flexibility index (Phi) is 3.79. The minimum absolute atomic E-state index is 0.282. The van der Waals surface area contributed by atoms with E-state index in [2.05, 4.69) is 4.98 Å². The molecule has 1 aliphatic heterocycles. The number of pyridine rings is 1. The molecule has 3 rings (SSSR count). The lowest BCUT2D eigenvalue weighted by molar-refractivity contribution is -0.141. The highest BCUT2D eigenvalue weighted by atomic mass is 19.4. The van der Waals surface area contributed by atoms with Crippen LogP contribution in [-0.2, 0) is 6.18 Å². The standard InChI is InChI=1S/C16H12F4N2O/c17-12-6-2-1-4-10(12)13-7-9-22(13)15(23)11-5-3-8-21-14(11)16(18,19)20/h1-6,8,13H,7,9H2. The third-order valence-electron chi connectivity index (χ3n) is 3.85. The van der Waals surface area contributed by atoms with Gasteiger partial charge in [0.15, 0.2) is 5.69 Å². The summed E-state index contributed by atoms with van der Waals surface area (Å²) in [7, 11) is 0. The first-order valence-electron chi connectivity index (χ1n) is 6.97. The van der Waals surface area contributed by atoms with Crippen LogP contribution in [0.3, 0.4) is 0 Å². The fourth-order valence-corrected chi connectivity index (χ4v) is 2.66. The summed E-state index contributed by atoms with van der Waals surface area (Å²) in [5.74, 6) is -1.26. The first kappa shape index (κ1) is 15.5. The lowest BCUT2D eigenvalue weighted by atomic mass is 9.93. The number of hydrogen-bond donors (Lipinski definition) is 0. The summed E-state index contributed by atoms with van der Waals surface area (Å²) in [5.41, 5.74) is -1.42. The molecule has 1 aliphatic rings. The topological polar surface area (TPSA) is 33.2 Å². The van der Waals surface area contributed by atoms with Crippen molar-refractivity contribution in [1.29, 1.82) is 0 Å². The highest BCUT2D eigenvalue weighted by molar-refractivity contribution is 5.96. The average Bonchev–Trinajstić information content (AvgIpc) is 2.47. The molecule has 1 unspecified atom stereocenters. The van der Waals surface area contributed by atoms with Gasteiger partial charge in [-0.1, -0.05) is 18.2 Å². The number of likely N-dealkylation sites (tertiary alicyclic amines) is 1. The minimum Gasteiger partial charge on any atom is -0.331 e. The van der Waals surface area contributed by atoms with E-state index >= 15 is 0 Å². The largest absolute Gasteiger partial charge is 0.434 e. The van der Waals surface area contributed by atoms with Crippen molar-refractivity contribution in [3.63, 3.8) is 0 Å². The normalized spacial score (nSPS) is 17.7. The lowest BCUT2D eigenvalue weighted by Crippen LogP contribution is -2.46. The van der Waals surface area contributed by atoms with Crippen molar-refractivity contribution in [3.05, 3.63) is 65.2 Å². The Morgan fingerprint density at radius 2 is 1.91 bits per heavy atom. The molecule has 23 heavy (non-hydrogen) atoms. The molecule has 0 radical (unpaired) electrons. The van der Waals surface area contributed by atoms with Gasteiger partial charge in [0.2, 0.25) is 0 Å². The zero-order valence-electron chi connectivity index (χ0n) is 11.8. The molecular formula is C16H12F4N2O. The SMILES string of the molecule is O=C(c1cccnc1C(F)(F)F)N1CCC1c1ccccc1F. The summed E-state index contributed by atoms with van der Waals surface area (Å²) < 4.78 is 52.8. The number of halogens is 4. The molecule has 1 aromatic carbocycles. The second-order valence-electron chi connectivity index (χ2n) is 5.22. The summed E-state index contributed by atoms with van der Waals surface area (Å²) in [5, 5.41) is 0. The zero-order chi connectivity index (χ0) is 16.6. The van der Waals surface area contributed by atoms with E-state index < -0.39 is 35.2 Å². The van der Waals surface area contributed by atoms with Gasteiger partial charge in [-0.15, -0.1) is 0 Å². The predicted octanol–water partition coefficient (Wildman–Crippen LogP) is 3.83. The summed E-state index contributed by atoms with van der Waals surface area (Å²) in [6, 6.07) is 7.77. The van der Waals surface area contributed by atoms with E-state index in [0.717, 1.165) is 12.3 Å². The molecule has 0 bridgehead atoms. The van der Waals surface area contributed by atoms with E-state index in [1.165, 1.54) is 29.2 Å². The van der Waals surface area contributed by atoms with Gasteiger partial charge in [-0.25, -0.2) is 4.39 Å². The van der Waals surface area contributed by atoms with Crippen LogP contribution in [-0.4, -0.2) is 22.3 Å². The maximum Gasteiger partial charge on any atom is 0.434 e. The molecular weight excluding hydrogens is 312 g/mol. The molecule has 3 nitrogen and oxygen atoms in total. The molecule has 2 heterocycles. The van der Waals surface area contributed by atoms with Crippen molar-refractivity contribution in [2.45, 2.75) is 18.6 Å². The number of rotatable bonds is 2. The van der Waals surface area contributed by atoms with Gasteiger partial charge in [0.1, 0.15) is 5.82 Å². The zero-order valence-corrected chi connectivity index (χ0v) is 11.8. The van der Waals surface area contributed by atoms with Crippen molar-refractivity contribution in [2.75, 3.05) is 6.54 Å². The smallest absolute Gasteiger partial charge is 0.331 e. The van der Waals surface area contributed by atoms with E-state index in [1.54, 1.807) is 6.07 Å². The van der Waals surface area contributed by atoms with Gasteiger partial charge in [0, 0.05) is 18.3 Å². The van der Waals surface area contributed by atoms with Crippen LogP contribution in [0.5, 0.6) is 0 Å². The molecule has 1 saturated heterocycles. The van der Waals surface area contributed by atoms with Crippen molar-refractivity contribution in [2.24, 2.45) is 0 Å². The lowest BCUT2D eigenvalue weighted by Gasteiger charge is -2.41. The second kappa shape index (κ2) is 5.64. The highest BCUT2D eigenvalue weighted by Crippen LogP contribution is 2.37. The molecule has 0 spiro atoms. The fourth-order valence-electron chi connectivity index (χ4n) is 2.66. The monoisotopic (exact) mass is 324 g/mol. The van der Waals surface area contributed by atoms with Crippen LogP contribution < -0.4 is 0 Å². The molecule has 0 N–H and O–H groups in total. The van der Waals surface area contributed by atoms with E-state index in [1.807, 2.05) is 0 Å². The van der Waals surface area contributed by atoms with Crippen LogP contribution in [0.4, 0.5) is 17.6 Å². The number of hydrogen-bond acceptors (Lipinski definition) is 2. The van der Waals surface area contributed by atoms with Gasteiger partial charge in [0.05, 0.1) is 11.6 Å². The number of benzene rings is 1. The van der Waals surface area contributed by atoms with Gasteiger partial charge in [-0.3, -0.25) is 9.78 Å². The molecule has 1 atom stereocenters. The average molecular weight is 324 g/mol. The predicted molar refractivity (Wildman–Crippen MR) is 74.0 cm³/mol. The number of alkyl halides is 3. The van der Waals surface area contributed by atoms with Crippen molar-refractivity contribution < 1.29 is 22.4 Å². The molecule has 2 aromatic rings. The number of nitrogens with zero attached hydrogens (tertiary/aromatic N) is 2. The summed E-state index contributed by atoms with van der Waals surface area (Å²) in [4.78, 5) is 17.0. The number of carbonyl (C=O) groups is 1. The molecule has 1 amide bonds. The molecule has 0 saturated carbocycles. The van der Waals surface area contributed by atoms with Crippen molar-refractivity contribution in [3.8, 4) is 0 Å². The van der Waals surface area contributed by atoms with Crippen LogP contribution in [0.15, 0.2) is 42.6 Å². The van der Waals surface area contributed by atoms with Gasteiger partial charge < -0.3 is 4.90 Å². The number of amides is 1. The maximum atomic E-state index is 13.8. The van der Waals surface area contributed by atoms with Gasteiger partial charge in [0.25, 0.3) is 5.91 Å². The second-order valence-corrected chi connectivity index (χ2v) is 5.22. The van der Waals surface area contributed by atoms with Crippen molar-refractivity contribution >= 4 is 5.91 Å². The summed E-state index contributed by atoms with van der Waals surface area (Å²) >= 11 is 0. The molecule has 1 aromatic heterocycles. The van der Waals surface area contributed by atoms with E-state index in [4.69, 9.17) is 0 Å². The van der Waals surface area contributed by atoms with Gasteiger partial charge in [-0.2, -0.15) is 13.2 Å². The van der Waals surface area contributed by atoms with Crippen LogP contribution in [0.2, 0.25) is 0 Å². The van der Waals surface area contributed by atoms with Crippen LogP contribution in [0.1, 0.15) is 34.1 Å². The Morgan fingerprint density at radius 1 is 1.17 bits per heavy atom. The number of carbonyl (C=O) groups excluding carboxylic acids is 1. The maximum absolute atomic E-state index is 13.8. The molecule has 7 heteroatoms. The first-order chi connectivity index (χ1) is 10.9. The van der Waals surface area contributed by atoms with Crippen molar-refractivity contribution in [1.82, 2.24) is 9.88 Å². The Morgan fingerprint density at radius 3 is 2.52 bits per heavy atom. The Hall–Kier alpha value is -2.44. The van der Waals surface area contributed by atoms with Crippen LogP contribution in [0, 0.1) is 5.82 Å². The fraction of sp³-hybridized carbons (Fsp3) is 0.250. The highest BCUT2D eigenvalue weighted by Gasteiger charge is 2.41. The van der Waals surface area contributed by atoms with E-state index in [9.17, 15) is 22.4 Å². The molecule has 1 fully saturated rings. The molecule has 120 valence electrons. The van der Waals surface area contributed by atoms with E-state index in [0.29, 0.717) is 12.0 Å². The third kappa shape index (κ3) is 2.78. The first-order valence-corrected chi connectivity index (χ1v) is 6.97. The van der Waals surface area contributed by atoms with Crippen LogP contribution >= 0.6 is 0 Å². The summed E-state index contributed by atoms with van der Waals surface area (Å²) in [6.07, 6.45) is -3.22. The quantitative estimate of drug-likeness (QED) is 0.787. The Labute approximate surface area is 129 Å². The Balaban J connectivity index is 1.92. The minimum atomic E-state index is -4.72. The Bertz CT molecular complexity index is 745. The summed E-state index contributed by atoms with van der Waals surface area (Å²) in [6.45, 7) is 0.282.